The first-order valence-electron chi connectivity index (χ1n) is 7.66. The number of benzene rings is 1. The smallest absolute Gasteiger partial charge is 0.406 e. The van der Waals surface area contributed by atoms with Gasteiger partial charge >= 0.3 is 18.6 Å². The minimum Gasteiger partial charge on any atom is -0.406 e. The molecule has 1 atom stereocenters. The molecule has 0 spiro atoms. The highest BCUT2D eigenvalue weighted by atomic mass is 19.4. The lowest BCUT2D eigenvalue weighted by atomic mass is 9.81. The zero-order valence-electron chi connectivity index (χ0n) is 13.3. The third kappa shape index (κ3) is 5.97. The maximum absolute atomic E-state index is 13.2. The molecule has 1 aromatic carbocycles. The molecular weight excluding hydrogens is 368 g/mol. The Balaban J connectivity index is 1.99. The lowest BCUT2D eigenvalue weighted by Gasteiger charge is -2.32. The number of carbonyl (C=O) groups excluding carboxylic acids is 1. The summed E-state index contributed by atoms with van der Waals surface area (Å²) in [5.74, 6) is -0.535. The van der Waals surface area contributed by atoms with E-state index in [-0.39, 0.29) is 18.5 Å². The topological polar surface area (TPSA) is 76.4 Å². The van der Waals surface area contributed by atoms with Crippen molar-refractivity contribution in [3.05, 3.63) is 29.8 Å². The Morgan fingerprint density at radius 1 is 1.15 bits per heavy atom. The monoisotopic (exact) mass is 385 g/mol. The molecule has 1 unspecified atom stereocenters. The fourth-order valence-electron chi connectivity index (χ4n) is 2.59. The van der Waals surface area contributed by atoms with Gasteiger partial charge in [0.15, 0.2) is 6.04 Å². The van der Waals surface area contributed by atoms with Gasteiger partial charge in [-0.3, -0.25) is 0 Å². The highest BCUT2D eigenvalue weighted by molar-refractivity contribution is 5.74. The molecule has 1 aliphatic rings. The maximum Gasteiger partial charge on any atom is 0.573 e. The van der Waals surface area contributed by atoms with E-state index in [0.717, 1.165) is 24.3 Å². The molecule has 0 saturated heterocycles. The predicted molar refractivity (Wildman–Crippen MR) is 79.2 cm³/mol. The summed E-state index contributed by atoms with van der Waals surface area (Å²) in [6, 6.07) is -0.234. The molecule has 11 heteroatoms. The fraction of sp³-hybridized carbons (Fsp3) is 0.533. The number of ether oxygens (including phenoxy) is 1. The molecule has 0 radical (unpaired) electrons. The Morgan fingerprint density at radius 2 is 1.73 bits per heavy atom. The van der Waals surface area contributed by atoms with Crippen LogP contribution >= 0.6 is 0 Å². The molecule has 146 valence electrons. The van der Waals surface area contributed by atoms with Crippen LogP contribution in [0.4, 0.5) is 31.1 Å². The molecule has 2 rings (SSSR count). The second kappa shape index (κ2) is 7.60. The van der Waals surface area contributed by atoms with Crippen LogP contribution in [0, 0.1) is 5.92 Å². The van der Waals surface area contributed by atoms with Crippen molar-refractivity contribution in [1.29, 1.82) is 0 Å². The maximum atomic E-state index is 13.2. The molecule has 0 aromatic heterocycles. The van der Waals surface area contributed by atoms with E-state index in [4.69, 9.17) is 5.73 Å². The van der Waals surface area contributed by atoms with Crippen molar-refractivity contribution in [3.63, 3.8) is 0 Å². The minimum atomic E-state index is -4.95. The van der Waals surface area contributed by atoms with E-state index < -0.39 is 35.9 Å². The van der Waals surface area contributed by atoms with Crippen LogP contribution in [0.3, 0.4) is 0 Å². The van der Waals surface area contributed by atoms with Crippen molar-refractivity contribution < 1.29 is 35.9 Å². The van der Waals surface area contributed by atoms with Crippen LogP contribution in [-0.2, 0) is 0 Å². The Bertz CT molecular complexity index is 611. The average molecular weight is 385 g/mol. The third-order valence-corrected chi connectivity index (χ3v) is 3.87. The van der Waals surface area contributed by atoms with Gasteiger partial charge in [-0.25, -0.2) is 4.79 Å². The van der Waals surface area contributed by atoms with Crippen LogP contribution in [-0.4, -0.2) is 31.2 Å². The van der Waals surface area contributed by atoms with Crippen LogP contribution in [0.1, 0.15) is 24.4 Å². The van der Waals surface area contributed by atoms with Gasteiger partial charge in [0.25, 0.3) is 0 Å². The van der Waals surface area contributed by atoms with E-state index in [1.807, 2.05) is 0 Å². The van der Waals surface area contributed by atoms with Crippen molar-refractivity contribution in [2.75, 3.05) is 6.54 Å². The Labute approximate surface area is 144 Å². The van der Waals surface area contributed by atoms with Crippen molar-refractivity contribution in [1.82, 2.24) is 10.6 Å². The number of urea groups is 1. The van der Waals surface area contributed by atoms with Crippen molar-refractivity contribution in [2.24, 2.45) is 11.7 Å². The number of amides is 2. The van der Waals surface area contributed by atoms with Gasteiger partial charge in [-0.15, -0.1) is 13.2 Å². The second-order valence-electron chi connectivity index (χ2n) is 6.04. The summed E-state index contributed by atoms with van der Waals surface area (Å²) >= 11 is 0. The number of hydrogen-bond donors (Lipinski definition) is 3. The second-order valence-corrected chi connectivity index (χ2v) is 6.04. The largest absolute Gasteiger partial charge is 0.573 e. The summed E-state index contributed by atoms with van der Waals surface area (Å²) in [6.07, 6.45) is -8.41. The summed E-state index contributed by atoms with van der Waals surface area (Å²) < 4.78 is 79.5. The molecule has 5 nitrogen and oxygen atoms in total. The molecular formula is C15H17F6N3O2. The van der Waals surface area contributed by atoms with E-state index in [1.165, 1.54) is 0 Å². The zero-order valence-corrected chi connectivity index (χ0v) is 13.3. The summed E-state index contributed by atoms with van der Waals surface area (Å²) in [4.78, 5) is 11.7. The van der Waals surface area contributed by atoms with Gasteiger partial charge in [-0.2, -0.15) is 13.2 Å². The Hall–Kier alpha value is -2.17. The van der Waals surface area contributed by atoms with Crippen molar-refractivity contribution in [2.45, 2.75) is 37.5 Å². The molecule has 0 heterocycles. The van der Waals surface area contributed by atoms with Crippen LogP contribution in [0.5, 0.6) is 5.75 Å². The highest BCUT2D eigenvalue weighted by Crippen LogP contribution is 2.34. The van der Waals surface area contributed by atoms with E-state index in [2.05, 4.69) is 10.1 Å². The van der Waals surface area contributed by atoms with Gasteiger partial charge in [0, 0.05) is 12.6 Å². The van der Waals surface area contributed by atoms with Crippen molar-refractivity contribution in [3.8, 4) is 5.75 Å². The number of rotatable bonds is 5. The number of halogens is 6. The van der Waals surface area contributed by atoms with Gasteiger partial charge < -0.3 is 21.1 Å². The molecule has 1 fully saturated rings. The Kier molecular flexibility index (Phi) is 5.89. The summed E-state index contributed by atoms with van der Waals surface area (Å²) in [7, 11) is 0. The van der Waals surface area contributed by atoms with E-state index >= 15 is 0 Å². The molecule has 4 N–H and O–H groups in total. The van der Waals surface area contributed by atoms with Crippen LogP contribution in [0.25, 0.3) is 0 Å². The minimum absolute atomic E-state index is 0.0465. The predicted octanol–water partition coefficient (Wildman–Crippen LogP) is 3.23. The highest BCUT2D eigenvalue weighted by Gasteiger charge is 2.42. The zero-order chi connectivity index (χ0) is 19.5. The lowest BCUT2D eigenvalue weighted by Crippen LogP contribution is -2.47. The number of hydrogen-bond acceptors (Lipinski definition) is 3. The van der Waals surface area contributed by atoms with Gasteiger partial charge in [-0.1, -0.05) is 12.1 Å². The van der Waals surface area contributed by atoms with E-state index in [1.54, 1.807) is 5.32 Å². The Morgan fingerprint density at radius 3 is 2.19 bits per heavy atom. The van der Waals surface area contributed by atoms with Gasteiger partial charge in [0.1, 0.15) is 5.75 Å². The van der Waals surface area contributed by atoms with E-state index in [0.29, 0.717) is 12.8 Å². The summed E-state index contributed by atoms with van der Waals surface area (Å²) in [5, 5.41) is 4.13. The van der Waals surface area contributed by atoms with Gasteiger partial charge in [0.2, 0.25) is 0 Å². The molecule has 2 amide bonds. The third-order valence-electron chi connectivity index (χ3n) is 3.87. The molecule has 1 aromatic rings. The number of nitrogens with one attached hydrogen (secondary N) is 2. The van der Waals surface area contributed by atoms with E-state index in [9.17, 15) is 31.1 Å². The SMILES string of the molecule is NC1CC(CNC(=O)NC(c2ccc(OC(F)(F)F)cc2)C(F)(F)F)C1. The van der Waals surface area contributed by atoms with Crippen molar-refractivity contribution >= 4 is 6.03 Å². The number of nitrogens with two attached hydrogens (primary N) is 1. The number of alkyl halides is 6. The molecule has 1 saturated carbocycles. The summed E-state index contributed by atoms with van der Waals surface area (Å²) in [5.41, 5.74) is 5.16. The molecule has 26 heavy (non-hydrogen) atoms. The first kappa shape index (κ1) is 20.1. The van der Waals surface area contributed by atoms with Crippen LogP contribution < -0.4 is 21.1 Å². The van der Waals surface area contributed by atoms with Crippen LogP contribution in [0.15, 0.2) is 24.3 Å². The van der Waals surface area contributed by atoms with Crippen LogP contribution in [0.2, 0.25) is 0 Å². The lowest BCUT2D eigenvalue weighted by molar-refractivity contribution is -0.274. The fourth-order valence-corrected chi connectivity index (χ4v) is 2.59. The standard InChI is InChI=1S/C15H17F6N3O2/c16-14(17,18)12(24-13(25)23-7-8-5-10(22)6-8)9-1-3-11(4-2-9)26-15(19,20)21/h1-4,8,10,12H,5-7,22H2,(H2,23,24,25). The molecule has 0 aliphatic heterocycles. The first-order valence-corrected chi connectivity index (χ1v) is 7.66. The van der Waals surface area contributed by atoms with Gasteiger partial charge in [0.05, 0.1) is 0 Å². The quantitative estimate of drug-likeness (QED) is 0.682. The number of carbonyl (C=O) groups is 1. The molecule has 0 bridgehead atoms. The summed E-state index contributed by atoms with van der Waals surface area (Å²) in [6.45, 7) is 0.197. The molecule has 1 aliphatic carbocycles. The van der Waals surface area contributed by atoms with Gasteiger partial charge in [-0.05, 0) is 36.5 Å². The normalized spacial score (nSPS) is 21.5. The average Bonchev–Trinajstić information content (AvgIpc) is 2.46. The first-order chi connectivity index (χ1) is 11.9.